The van der Waals surface area contributed by atoms with Crippen molar-refractivity contribution in [2.45, 2.75) is 26.7 Å². The van der Waals surface area contributed by atoms with Crippen molar-refractivity contribution in [3.8, 4) is 56.3 Å². The van der Waals surface area contributed by atoms with Gasteiger partial charge in [0.25, 0.3) is 5.92 Å². The predicted octanol–water partition coefficient (Wildman–Crippen LogP) is 13.3. The number of aromatic nitrogens is 4. The van der Waals surface area contributed by atoms with Crippen molar-refractivity contribution in [3.05, 3.63) is 229 Å². The number of rotatable bonds is 5. The fraction of sp³-hybridized carbons (Fsp3) is 0.0727. The predicted molar refractivity (Wildman–Crippen MR) is 246 cm³/mol. The van der Waals surface area contributed by atoms with E-state index in [0.717, 1.165) is 50.4 Å². The number of benzene rings is 6. The molecule has 10 rings (SSSR count). The van der Waals surface area contributed by atoms with Crippen molar-refractivity contribution >= 4 is 16.6 Å². The zero-order valence-electron chi connectivity index (χ0n) is 35.8. The normalized spacial score (nSPS) is 11.4. The van der Waals surface area contributed by atoms with E-state index in [4.69, 9.17) is 15.1 Å². The maximum Gasteiger partial charge on any atom is 0.266 e. The molecule has 0 saturated heterocycles. The zero-order chi connectivity index (χ0) is 44.2. The summed E-state index contributed by atoms with van der Waals surface area (Å²) in [5.41, 5.74) is 9.92. The van der Waals surface area contributed by atoms with Crippen LogP contribution in [-0.2, 0) is 71.0 Å². The van der Waals surface area contributed by atoms with Crippen molar-refractivity contribution in [2.24, 2.45) is 0 Å². The van der Waals surface area contributed by atoms with Crippen LogP contribution >= 0.6 is 0 Å². The summed E-state index contributed by atoms with van der Waals surface area (Å²) in [7, 11) is 0. The van der Waals surface area contributed by atoms with Gasteiger partial charge in [0.1, 0.15) is 0 Å². The zero-order valence-corrected chi connectivity index (χ0v) is 43.0. The van der Waals surface area contributed by atoms with E-state index in [-0.39, 0.29) is 83.0 Å². The second kappa shape index (κ2) is 25.0. The molecule has 9 aromatic rings. The Morgan fingerprint density at radius 3 is 1.89 bits per heavy atom. The Morgan fingerprint density at radius 2 is 1.26 bits per heavy atom. The Bertz CT molecular complexity index is 2990. The number of ketones is 1. The molecule has 66 heavy (non-hydrogen) atoms. The Labute approximate surface area is 424 Å². The summed E-state index contributed by atoms with van der Waals surface area (Å²) < 4.78 is 29.2. The van der Waals surface area contributed by atoms with Gasteiger partial charge in [-0.3, -0.25) is 9.78 Å². The smallest absolute Gasteiger partial charge is 0.266 e. The Morgan fingerprint density at radius 1 is 0.591 bits per heavy atom. The van der Waals surface area contributed by atoms with Gasteiger partial charge in [-0.2, -0.15) is 0 Å². The first-order valence-corrected chi connectivity index (χ1v) is 20.1. The fourth-order valence-electron chi connectivity index (χ4n) is 6.94. The van der Waals surface area contributed by atoms with Crippen molar-refractivity contribution < 1.29 is 79.0 Å². The number of carbonyl (C=O) groups excluding carboxylic acids is 1. The van der Waals surface area contributed by atoms with Crippen LogP contribution in [-0.4, -0.2) is 30.8 Å². The van der Waals surface area contributed by atoms with Crippen LogP contribution in [0.5, 0.6) is 0 Å². The van der Waals surface area contributed by atoms with E-state index in [1.807, 2.05) is 115 Å². The quantitative estimate of drug-likeness (QED) is 0.105. The maximum absolute atomic E-state index is 14.6. The molecule has 0 aliphatic heterocycles. The third kappa shape index (κ3) is 13.1. The van der Waals surface area contributed by atoms with E-state index in [2.05, 4.69) is 53.3 Å². The average Bonchev–Trinajstić information content (AvgIpc) is 3.32. The van der Waals surface area contributed by atoms with Gasteiger partial charge in [0.2, 0.25) is 0 Å². The molecule has 0 fully saturated rings. The van der Waals surface area contributed by atoms with Crippen LogP contribution in [0.1, 0.15) is 30.5 Å². The molecule has 6 nitrogen and oxygen atoms in total. The minimum atomic E-state index is -3.00. The number of aryl methyl sites for hydroxylation is 1. The summed E-state index contributed by atoms with van der Waals surface area (Å²) in [6.45, 7) is 4.92. The number of aliphatic hydroxyl groups excluding tert-OH is 1. The first-order chi connectivity index (χ1) is 30.6. The summed E-state index contributed by atoms with van der Waals surface area (Å²) in [6, 6.07) is 60.8. The first-order valence-electron chi connectivity index (χ1n) is 20.1. The van der Waals surface area contributed by atoms with Crippen LogP contribution in [0, 0.1) is 25.1 Å². The SMILES string of the molecule is CC(=O)C=C(C)O.Cc1cc[c-]c(-c2ccccn2)c1.FC1(F)c2ccc[c-]c2-c2nccc3cccc1c23.[Ir].[Ir].[Ir].[c-]1ccccc1-c1ncc(-c2ccccc2)nc1-c1ccccc1. The molecule has 1 N–H and O–H groups in total. The summed E-state index contributed by atoms with van der Waals surface area (Å²) in [5, 5.41) is 9.68. The van der Waals surface area contributed by atoms with E-state index in [0.29, 0.717) is 16.6 Å². The summed E-state index contributed by atoms with van der Waals surface area (Å²) in [6.07, 6.45) is 6.44. The number of allylic oxidation sites excluding steroid dienone is 2. The fourth-order valence-corrected chi connectivity index (χ4v) is 6.94. The number of halogens is 2. The maximum atomic E-state index is 14.6. The molecule has 0 unspecified atom stereocenters. The Kier molecular flexibility index (Phi) is 20.0. The summed E-state index contributed by atoms with van der Waals surface area (Å²) in [4.78, 5) is 28.2. The molecule has 11 heteroatoms. The van der Waals surface area contributed by atoms with E-state index in [1.54, 1.807) is 36.7 Å². The number of nitrogens with zero attached hydrogens (tertiary/aromatic N) is 4. The molecule has 6 aromatic carbocycles. The third-order valence-corrected chi connectivity index (χ3v) is 9.72. The number of pyridine rings is 2. The standard InChI is InChI=1S/C22H15N2.C16H8F2N.C12H10N.C5H8O2.3Ir/c1-4-10-17(11-5-1)20-16-23-21(18-12-6-2-7-13-18)22(24-20)19-14-8-3-9-15-19;17-16(18)12-6-2-1-5-11(12)15-14-10(8-9-19-15)4-3-7-13(14)16;1-10-5-4-6-11(9-10)12-7-2-3-8-13-12;1-4(6)3-5(2)7;;;/h1-12,14-16H;1-4,6-9H;2-5,7-9H,1H3;3,6H,1-2H3;;;/q3*-1;;;;. The second-order valence-corrected chi connectivity index (χ2v) is 14.4. The number of hydrogen-bond donors (Lipinski definition) is 1. The van der Waals surface area contributed by atoms with Gasteiger partial charge in [0, 0.05) is 102 Å². The van der Waals surface area contributed by atoms with E-state index >= 15 is 0 Å². The number of fused-ring (bicyclic) bond motifs is 2. The second-order valence-electron chi connectivity index (χ2n) is 14.4. The molecule has 0 saturated carbocycles. The van der Waals surface area contributed by atoms with Gasteiger partial charge in [-0.15, -0.1) is 101 Å². The van der Waals surface area contributed by atoms with Gasteiger partial charge in [0.05, 0.1) is 17.1 Å². The van der Waals surface area contributed by atoms with Crippen molar-refractivity contribution in [1.29, 1.82) is 0 Å². The third-order valence-electron chi connectivity index (χ3n) is 9.72. The minimum absolute atomic E-state index is 0. The largest absolute Gasteiger partial charge is 0.512 e. The number of alkyl halides is 2. The molecule has 3 heterocycles. The van der Waals surface area contributed by atoms with Gasteiger partial charge in [-0.25, -0.2) is 8.78 Å². The Balaban J connectivity index is 0.000000204. The number of hydrogen-bond acceptors (Lipinski definition) is 6. The molecule has 3 aromatic heterocycles. The van der Waals surface area contributed by atoms with Crippen LogP contribution in [0.25, 0.3) is 67.1 Å². The van der Waals surface area contributed by atoms with Gasteiger partial charge in [-0.05, 0) is 53.7 Å². The van der Waals surface area contributed by atoms with Gasteiger partial charge in [0.15, 0.2) is 5.78 Å². The van der Waals surface area contributed by atoms with E-state index in [1.165, 1.54) is 37.6 Å². The van der Waals surface area contributed by atoms with Gasteiger partial charge < -0.3 is 20.1 Å². The Hall–Kier alpha value is -6.02. The summed E-state index contributed by atoms with van der Waals surface area (Å²) >= 11 is 0. The van der Waals surface area contributed by atoms with Gasteiger partial charge in [-0.1, -0.05) is 103 Å². The van der Waals surface area contributed by atoms with Crippen LogP contribution in [0.2, 0.25) is 0 Å². The molecule has 1 aliphatic carbocycles. The molecule has 3 radical (unpaired) electrons. The van der Waals surface area contributed by atoms with Crippen molar-refractivity contribution in [1.82, 2.24) is 19.9 Å². The topological polar surface area (TPSA) is 88.9 Å². The van der Waals surface area contributed by atoms with Gasteiger partial charge >= 0.3 is 0 Å². The molecule has 337 valence electrons. The molecule has 1 aliphatic rings. The summed E-state index contributed by atoms with van der Waals surface area (Å²) in [5.74, 6) is -3.06. The molecular weight excluding hydrogens is 1360 g/mol. The monoisotopic (exact) mass is 1410 g/mol. The van der Waals surface area contributed by atoms with E-state index in [9.17, 15) is 13.6 Å². The molecular formula is C55H41F2Ir3N4O2-3. The van der Waals surface area contributed by atoms with Crippen LogP contribution in [0.4, 0.5) is 8.78 Å². The first kappa shape index (κ1) is 52.6. The van der Waals surface area contributed by atoms with Crippen LogP contribution in [0.15, 0.2) is 194 Å². The molecule has 0 spiro atoms. The number of aliphatic hydroxyl groups is 1. The van der Waals surface area contributed by atoms with E-state index < -0.39 is 5.92 Å². The number of carbonyl (C=O) groups is 1. The van der Waals surface area contributed by atoms with Crippen LogP contribution < -0.4 is 0 Å². The van der Waals surface area contributed by atoms with Crippen molar-refractivity contribution in [2.75, 3.05) is 0 Å². The van der Waals surface area contributed by atoms with Crippen LogP contribution in [0.3, 0.4) is 0 Å². The van der Waals surface area contributed by atoms with Crippen molar-refractivity contribution in [3.63, 3.8) is 0 Å². The molecule has 0 atom stereocenters. The minimum Gasteiger partial charge on any atom is -0.512 e. The average molecular weight is 1400 g/mol. The molecule has 0 amide bonds. The molecule has 0 bridgehead atoms.